The van der Waals surface area contributed by atoms with Crippen LogP contribution in [0, 0.1) is 0 Å². The zero-order chi connectivity index (χ0) is 15.7. The zero-order valence-corrected chi connectivity index (χ0v) is 12.9. The van der Waals surface area contributed by atoms with Crippen molar-refractivity contribution in [3.63, 3.8) is 0 Å². The maximum Gasteiger partial charge on any atom is 0.313 e. The van der Waals surface area contributed by atoms with Gasteiger partial charge in [0.05, 0.1) is 33.3 Å². The SMILES string of the molecule is CC[NH+](CC)CCNC(=O)C(=O)Nc1ccc(OC)cc1. The molecule has 0 aliphatic heterocycles. The lowest BCUT2D eigenvalue weighted by molar-refractivity contribution is -0.895. The van der Waals surface area contributed by atoms with Crippen molar-refractivity contribution in [3.05, 3.63) is 24.3 Å². The number of likely N-dealkylation sites (N-methyl/N-ethyl adjacent to an activating group) is 1. The molecule has 0 saturated carbocycles. The average Bonchev–Trinajstić information content (AvgIpc) is 2.52. The Hall–Kier alpha value is -2.08. The summed E-state index contributed by atoms with van der Waals surface area (Å²) < 4.78 is 5.02. The highest BCUT2D eigenvalue weighted by molar-refractivity contribution is 6.39. The third-order valence-corrected chi connectivity index (χ3v) is 3.32. The molecule has 21 heavy (non-hydrogen) atoms. The lowest BCUT2D eigenvalue weighted by Gasteiger charge is -2.15. The Morgan fingerprint density at radius 2 is 1.71 bits per heavy atom. The van der Waals surface area contributed by atoms with E-state index in [4.69, 9.17) is 4.74 Å². The van der Waals surface area contributed by atoms with Gasteiger partial charge in [-0.25, -0.2) is 0 Å². The van der Waals surface area contributed by atoms with Crippen molar-refractivity contribution in [1.82, 2.24) is 5.32 Å². The number of anilines is 1. The van der Waals surface area contributed by atoms with Crippen molar-refractivity contribution in [1.29, 1.82) is 0 Å². The van der Waals surface area contributed by atoms with Crippen molar-refractivity contribution in [3.8, 4) is 5.75 Å². The largest absolute Gasteiger partial charge is 0.497 e. The van der Waals surface area contributed by atoms with Crippen LogP contribution in [0.2, 0.25) is 0 Å². The van der Waals surface area contributed by atoms with Crippen LogP contribution < -0.4 is 20.3 Å². The Morgan fingerprint density at radius 1 is 1.10 bits per heavy atom. The molecule has 0 heterocycles. The van der Waals surface area contributed by atoms with Gasteiger partial charge in [-0.05, 0) is 38.1 Å². The Bertz CT molecular complexity index is 456. The number of hydrogen-bond donors (Lipinski definition) is 3. The minimum atomic E-state index is -0.658. The molecular formula is C15H24N3O3+. The molecule has 6 heteroatoms. The molecule has 0 unspecified atom stereocenters. The van der Waals surface area contributed by atoms with E-state index in [-0.39, 0.29) is 0 Å². The van der Waals surface area contributed by atoms with Gasteiger partial charge in [-0.1, -0.05) is 0 Å². The van der Waals surface area contributed by atoms with Gasteiger partial charge in [-0.2, -0.15) is 0 Å². The summed E-state index contributed by atoms with van der Waals surface area (Å²) in [6.45, 7) is 7.50. The number of rotatable bonds is 7. The van der Waals surface area contributed by atoms with Crippen LogP contribution in [0.15, 0.2) is 24.3 Å². The number of hydrogen-bond acceptors (Lipinski definition) is 3. The molecule has 1 aromatic rings. The van der Waals surface area contributed by atoms with E-state index in [1.807, 2.05) is 0 Å². The first-order chi connectivity index (χ1) is 10.1. The maximum absolute atomic E-state index is 11.7. The fourth-order valence-corrected chi connectivity index (χ4v) is 1.90. The van der Waals surface area contributed by atoms with Gasteiger partial charge < -0.3 is 20.3 Å². The van der Waals surface area contributed by atoms with Crippen molar-refractivity contribution in [2.75, 3.05) is 38.6 Å². The van der Waals surface area contributed by atoms with Crippen LogP contribution in [0.4, 0.5) is 5.69 Å². The van der Waals surface area contributed by atoms with Gasteiger partial charge in [0.1, 0.15) is 5.75 Å². The molecule has 0 aromatic heterocycles. The molecular weight excluding hydrogens is 270 g/mol. The van der Waals surface area contributed by atoms with Crippen molar-refractivity contribution in [2.24, 2.45) is 0 Å². The third-order valence-electron chi connectivity index (χ3n) is 3.32. The number of quaternary nitrogens is 1. The molecule has 2 amide bonds. The smallest absolute Gasteiger partial charge is 0.313 e. The summed E-state index contributed by atoms with van der Waals surface area (Å²) in [5.74, 6) is -0.577. The van der Waals surface area contributed by atoms with Crippen molar-refractivity contribution in [2.45, 2.75) is 13.8 Å². The highest BCUT2D eigenvalue weighted by atomic mass is 16.5. The van der Waals surface area contributed by atoms with Crippen LogP contribution in [0.5, 0.6) is 5.75 Å². The Balaban J connectivity index is 2.38. The molecule has 0 fully saturated rings. The second-order valence-electron chi connectivity index (χ2n) is 4.65. The molecule has 116 valence electrons. The normalized spacial score (nSPS) is 10.3. The summed E-state index contributed by atoms with van der Waals surface area (Å²) in [6.07, 6.45) is 0. The number of carbonyl (C=O) groups is 2. The fourth-order valence-electron chi connectivity index (χ4n) is 1.90. The van der Waals surface area contributed by atoms with Crippen LogP contribution in [-0.2, 0) is 9.59 Å². The van der Waals surface area contributed by atoms with Gasteiger partial charge in [-0.3, -0.25) is 9.59 Å². The number of amides is 2. The van der Waals surface area contributed by atoms with Crippen LogP contribution in [0.1, 0.15) is 13.8 Å². The van der Waals surface area contributed by atoms with E-state index in [0.717, 1.165) is 19.6 Å². The van der Waals surface area contributed by atoms with Crippen LogP contribution in [0.25, 0.3) is 0 Å². The van der Waals surface area contributed by atoms with Crippen LogP contribution in [0.3, 0.4) is 0 Å². The Morgan fingerprint density at radius 3 is 2.24 bits per heavy atom. The molecule has 0 aliphatic carbocycles. The van der Waals surface area contributed by atoms with Crippen LogP contribution >= 0.6 is 0 Å². The monoisotopic (exact) mass is 294 g/mol. The number of nitrogens with one attached hydrogen (secondary N) is 3. The van der Waals surface area contributed by atoms with Crippen molar-refractivity contribution >= 4 is 17.5 Å². The predicted molar refractivity (Wildman–Crippen MR) is 81.5 cm³/mol. The van der Waals surface area contributed by atoms with E-state index in [9.17, 15) is 9.59 Å². The van der Waals surface area contributed by atoms with Gasteiger partial charge in [-0.15, -0.1) is 0 Å². The topological polar surface area (TPSA) is 71.9 Å². The summed E-state index contributed by atoms with van der Waals surface area (Å²) in [4.78, 5) is 24.8. The first kappa shape index (κ1) is 17.0. The first-order valence-corrected chi connectivity index (χ1v) is 7.17. The Labute approximate surface area is 125 Å². The van der Waals surface area contributed by atoms with Gasteiger partial charge in [0.15, 0.2) is 0 Å². The lowest BCUT2D eigenvalue weighted by atomic mass is 10.3. The van der Waals surface area contributed by atoms with E-state index in [1.54, 1.807) is 31.4 Å². The standard InChI is InChI=1S/C15H23N3O3/c1-4-18(5-2)11-10-16-14(19)15(20)17-12-6-8-13(21-3)9-7-12/h6-9H,4-5,10-11H2,1-3H3,(H,16,19)(H,17,20)/p+1. The van der Waals surface area contributed by atoms with E-state index in [2.05, 4.69) is 24.5 Å². The average molecular weight is 294 g/mol. The molecule has 6 nitrogen and oxygen atoms in total. The predicted octanol–water partition coefficient (Wildman–Crippen LogP) is -0.325. The number of benzene rings is 1. The number of methoxy groups -OCH3 is 1. The van der Waals surface area contributed by atoms with Gasteiger partial charge >= 0.3 is 11.8 Å². The summed E-state index contributed by atoms with van der Waals surface area (Å²) >= 11 is 0. The number of carbonyl (C=O) groups excluding carboxylic acids is 2. The maximum atomic E-state index is 11.7. The molecule has 1 aromatic carbocycles. The molecule has 0 saturated heterocycles. The minimum Gasteiger partial charge on any atom is -0.497 e. The highest BCUT2D eigenvalue weighted by Crippen LogP contribution is 2.14. The fraction of sp³-hybridized carbons (Fsp3) is 0.467. The third kappa shape index (κ3) is 5.83. The summed E-state index contributed by atoms with van der Waals surface area (Å²) in [5.41, 5.74) is 0.560. The molecule has 0 atom stereocenters. The Kier molecular flexibility index (Phi) is 7.25. The second kappa shape index (κ2) is 8.97. The first-order valence-electron chi connectivity index (χ1n) is 7.17. The molecule has 0 aliphatic rings. The van der Waals surface area contributed by atoms with E-state index in [0.29, 0.717) is 18.0 Å². The summed E-state index contributed by atoms with van der Waals surface area (Å²) in [6, 6.07) is 6.81. The number of ether oxygens (including phenoxy) is 1. The van der Waals surface area contributed by atoms with E-state index >= 15 is 0 Å². The summed E-state index contributed by atoms with van der Waals surface area (Å²) in [5, 5.41) is 5.17. The zero-order valence-electron chi connectivity index (χ0n) is 12.9. The molecule has 0 spiro atoms. The second-order valence-corrected chi connectivity index (χ2v) is 4.65. The lowest BCUT2D eigenvalue weighted by Crippen LogP contribution is -3.12. The van der Waals surface area contributed by atoms with Crippen molar-refractivity contribution < 1.29 is 19.2 Å². The van der Waals surface area contributed by atoms with Gasteiger partial charge in [0, 0.05) is 5.69 Å². The highest BCUT2D eigenvalue weighted by Gasteiger charge is 2.14. The molecule has 1 rings (SSSR count). The minimum absolute atomic E-state index is 0.492. The van der Waals surface area contributed by atoms with E-state index < -0.39 is 11.8 Å². The molecule has 0 bridgehead atoms. The van der Waals surface area contributed by atoms with E-state index in [1.165, 1.54) is 4.90 Å². The molecule has 0 radical (unpaired) electrons. The quantitative estimate of drug-likeness (QED) is 0.603. The molecule has 3 N–H and O–H groups in total. The summed E-state index contributed by atoms with van der Waals surface area (Å²) in [7, 11) is 1.57. The van der Waals surface area contributed by atoms with Gasteiger partial charge in [0.25, 0.3) is 0 Å². The van der Waals surface area contributed by atoms with Gasteiger partial charge in [0.2, 0.25) is 0 Å². The van der Waals surface area contributed by atoms with Crippen LogP contribution in [-0.4, -0.2) is 45.1 Å².